The topological polar surface area (TPSA) is 55.4 Å². The molecule has 5 heteroatoms. The molecule has 4 atom stereocenters. The fourth-order valence-corrected chi connectivity index (χ4v) is 6.20. The molecule has 3 unspecified atom stereocenters. The van der Waals surface area contributed by atoms with Gasteiger partial charge in [-0.3, -0.25) is 9.59 Å². The number of Topliss-reactive ketones (excluding diaryl/α,β-unsaturated/α-hetero) is 2. The number of ketones is 2. The van der Waals surface area contributed by atoms with Crippen LogP contribution in [0.3, 0.4) is 0 Å². The molecule has 1 aromatic carbocycles. The molecule has 0 spiro atoms. The zero-order chi connectivity index (χ0) is 29.8. The minimum atomic E-state index is -0.304. The molecular weight excluding hydrogens is 542 g/mol. The van der Waals surface area contributed by atoms with Crippen LogP contribution >= 0.6 is 11.6 Å². The highest BCUT2D eigenvalue weighted by Gasteiger charge is 2.29. The fraction of sp³-hybridized carbons (Fsp3) is 0.514. The molecule has 0 aliphatic heterocycles. The smallest absolute Gasteiger partial charge is 0.154 e. The molecule has 3 aliphatic rings. The lowest BCUT2D eigenvalue weighted by Crippen LogP contribution is -2.30. The van der Waals surface area contributed by atoms with Crippen LogP contribution < -0.4 is 5.32 Å². The Hall–Kier alpha value is -2.69. The Bertz CT molecular complexity index is 1210. The Morgan fingerprint density at radius 1 is 1.07 bits per heavy atom. The summed E-state index contributed by atoms with van der Waals surface area (Å²) >= 11 is 6.41. The van der Waals surface area contributed by atoms with Crippen LogP contribution in [0.25, 0.3) is 0 Å². The van der Waals surface area contributed by atoms with Crippen molar-refractivity contribution in [3.63, 3.8) is 0 Å². The van der Waals surface area contributed by atoms with E-state index in [9.17, 15) is 9.59 Å². The highest BCUT2D eigenvalue weighted by Crippen LogP contribution is 2.30. The van der Waals surface area contributed by atoms with Gasteiger partial charge in [0.1, 0.15) is 11.5 Å². The fourth-order valence-electron chi connectivity index (χ4n) is 6.06. The van der Waals surface area contributed by atoms with Gasteiger partial charge in [-0.05, 0) is 82.4 Å². The van der Waals surface area contributed by atoms with Gasteiger partial charge in [0.05, 0.1) is 17.0 Å². The summed E-state index contributed by atoms with van der Waals surface area (Å²) in [4.78, 5) is 25.4. The summed E-state index contributed by atoms with van der Waals surface area (Å²) in [5.41, 5.74) is 3.54. The maximum atomic E-state index is 13.4. The molecule has 0 saturated heterocycles. The molecule has 4 nitrogen and oxygen atoms in total. The van der Waals surface area contributed by atoms with Crippen molar-refractivity contribution in [3.8, 4) is 0 Å². The first-order valence-corrected chi connectivity index (χ1v) is 16.4. The van der Waals surface area contributed by atoms with E-state index in [1.807, 2.05) is 37.3 Å². The number of carbonyl (C=O) groups excluding carboxylic acids is 2. The Morgan fingerprint density at radius 2 is 1.86 bits per heavy atom. The number of ether oxygens (including phenoxy) is 1. The van der Waals surface area contributed by atoms with Crippen LogP contribution in [-0.2, 0) is 14.3 Å². The van der Waals surface area contributed by atoms with Crippen molar-refractivity contribution in [2.24, 2.45) is 5.92 Å². The first kappa shape index (κ1) is 32.2. The van der Waals surface area contributed by atoms with Crippen LogP contribution in [0, 0.1) is 5.92 Å². The largest absolute Gasteiger partial charge is 0.491 e. The lowest BCUT2D eigenvalue weighted by atomic mass is 9.83. The molecule has 3 aliphatic carbocycles. The van der Waals surface area contributed by atoms with E-state index >= 15 is 0 Å². The molecule has 1 N–H and O–H groups in total. The molecule has 0 heterocycles. The number of alkyl halides is 1. The van der Waals surface area contributed by atoms with Crippen molar-refractivity contribution in [1.82, 2.24) is 5.32 Å². The van der Waals surface area contributed by atoms with E-state index in [1.165, 1.54) is 11.1 Å². The quantitative estimate of drug-likeness (QED) is 0.220. The van der Waals surface area contributed by atoms with Gasteiger partial charge in [-0.2, -0.15) is 0 Å². The van der Waals surface area contributed by atoms with Crippen molar-refractivity contribution in [3.05, 3.63) is 95.3 Å². The molecule has 42 heavy (non-hydrogen) atoms. The number of nitrogens with one attached hydrogen (secondary N) is 1. The van der Waals surface area contributed by atoms with Crippen LogP contribution in [0.5, 0.6) is 0 Å². The maximum Gasteiger partial charge on any atom is 0.154 e. The lowest BCUT2D eigenvalue weighted by Gasteiger charge is -2.29. The molecule has 226 valence electrons. The van der Waals surface area contributed by atoms with Gasteiger partial charge in [-0.15, -0.1) is 11.6 Å². The molecule has 1 saturated carbocycles. The van der Waals surface area contributed by atoms with Crippen LogP contribution in [0.1, 0.15) is 103 Å². The summed E-state index contributed by atoms with van der Waals surface area (Å²) in [6.45, 7) is 4.90. The van der Waals surface area contributed by atoms with E-state index in [2.05, 4.69) is 54.8 Å². The third-order valence-corrected chi connectivity index (χ3v) is 8.83. The Morgan fingerprint density at radius 3 is 2.62 bits per heavy atom. The van der Waals surface area contributed by atoms with Crippen molar-refractivity contribution >= 4 is 23.2 Å². The van der Waals surface area contributed by atoms with Crippen molar-refractivity contribution in [1.29, 1.82) is 0 Å². The molecule has 0 amide bonds. The number of hydrogen-bond donors (Lipinski definition) is 1. The summed E-state index contributed by atoms with van der Waals surface area (Å²) in [5, 5.41) is 3.54. The first-order chi connectivity index (χ1) is 20.3. The highest BCUT2D eigenvalue weighted by molar-refractivity contribution is 6.25. The SMILES string of the molecule is CCCC1C[C@H](OC2=CCC/C=C(\CCCC(=O)C(NCCC3=CCC(C)(Cl)C=C3)c3ccccc3)C=C2)CCC1=O. The lowest BCUT2D eigenvalue weighted by molar-refractivity contribution is -0.127. The first-order valence-electron chi connectivity index (χ1n) is 16.0. The van der Waals surface area contributed by atoms with Gasteiger partial charge in [-0.25, -0.2) is 0 Å². The average molecular weight is 590 g/mol. The predicted molar refractivity (Wildman–Crippen MR) is 173 cm³/mol. The average Bonchev–Trinajstić information content (AvgIpc) is 2.97. The van der Waals surface area contributed by atoms with Crippen LogP contribution in [0.15, 0.2) is 89.8 Å². The normalized spacial score (nSPS) is 26.4. The second-order valence-electron chi connectivity index (χ2n) is 12.2. The van der Waals surface area contributed by atoms with Crippen LogP contribution in [0.4, 0.5) is 0 Å². The minimum absolute atomic E-state index is 0.119. The second-order valence-corrected chi connectivity index (χ2v) is 13.1. The predicted octanol–water partition coefficient (Wildman–Crippen LogP) is 9.05. The molecule has 1 aromatic rings. The van der Waals surface area contributed by atoms with Gasteiger partial charge in [-0.1, -0.05) is 85.2 Å². The van der Waals surface area contributed by atoms with Crippen LogP contribution in [0.2, 0.25) is 0 Å². The van der Waals surface area contributed by atoms with Gasteiger partial charge in [0.15, 0.2) is 5.78 Å². The standard InChI is InChI=1S/C37H48ClNO3/c1-3-10-31-27-33(19-20-34(31)40)42-32-15-8-7-11-28(17-18-32)12-9-16-35(41)36(30-13-5-4-6-14-30)39-26-23-29-21-24-37(2,38)25-22-29/h4-6,11,13-15,17-18,21-22,24,31,33,36,39H,3,7-10,12,16,19-20,23,25-27H2,1-2H3/b18-17?,28-11+,32-15?/t31?,33-,36?,37?/m1/s1. The molecule has 4 rings (SSSR count). The minimum Gasteiger partial charge on any atom is -0.491 e. The molecular formula is C37H48ClNO3. The van der Waals surface area contributed by atoms with E-state index in [-0.39, 0.29) is 28.7 Å². The highest BCUT2D eigenvalue weighted by atomic mass is 35.5. The summed E-state index contributed by atoms with van der Waals surface area (Å²) in [6.07, 6.45) is 25.2. The zero-order valence-electron chi connectivity index (χ0n) is 25.5. The van der Waals surface area contributed by atoms with E-state index in [0.717, 1.165) is 82.1 Å². The van der Waals surface area contributed by atoms with E-state index in [4.69, 9.17) is 16.3 Å². The zero-order valence-corrected chi connectivity index (χ0v) is 26.2. The van der Waals surface area contributed by atoms with E-state index in [0.29, 0.717) is 18.6 Å². The Labute approximate surface area is 258 Å². The van der Waals surface area contributed by atoms with Gasteiger partial charge in [0.25, 0.3) is 0 Å². The Balaban J connectivity index is 1.26. The number of allylic oxidation sites excluding steroid dienone is 8. The van der Waals surface area contributed by atoms with Gasteiger partial charge >= 0.3 is 0 Å². The molecule has 0 aromatic heterocycles. The monoisotopic (exact) mass is 589 g/mol. The molecule has 0 radical (unpaired) electrons. The summed E-state index contributed by atoms with van der Waals surface area (Å²) in [5.74, 6) is 1.70. The number of rotatable bonds is 14. The summed E-state index contributed by atoms with van der Waals surface area (Å²) < 4.78 is 6.37. The number of benzene rings is 1. The third kappa shape index (κ3) is 10.2. The van der Waals surface area contributed by atoms with Crippen molar-refractivity contribution < 1.29 is 14.3 Å². The number of halogens is 1. The van der Waals surface area contributed by atoms with E-state index in [1.54, 1.807) is 0 Å². The van der Waals surface area contributed by atoms with Gasteiger partial charge < -0.3 is 10.1 Å². The van der Waals surface area contributed by atoms with Gasteiger partial charge in [0.2, 0.25) is 0 Å². The molecule has 0 bridgehead atoms. The molecule has 1 fully saturated rings. The number of hydrogen-bond acceptors (Lipinski definition) is 4. The third-order valence-electron chi connectivity index (χ3n) is 8.55. The van der Waals surface area contributed by atoms with Crippen molar-refractivity contribution in [2.75, 3.05) is 6.54 Å². The maximum absolute atomic E-state index is 13.4. The summed E-state index contributed by atoms with van der Waals surface area (Å²) in [6, 6.07) is 9.75. The van der Waals surface area contributed by atoms with Gasteiger partial charge in [0, 0.05) is 25.3 Å². The van der Waals surface area contributed by atoms with E-state index < -0.39 is 0 Å². The van der Waals surface area contributed by atoms with Crippen molar-refractivity contribution in [2.45, 2.75) is 108 Å². The Kier molecular flexibility index (Phi) is 12.5. The summed E-state index contributed by atoms with van der Waals surface area (Å²) in [7, 11) is 0. The number of carbonyl (C=O) groups is 2. The van der Waals surface area contributed by atoms with Crippen LogP contribution in [-0.4, -0.2) is 29.1 Å². The second kappa shape index (κ2) is 16.2.